The highest BCUT2D eigenvalue weighted by Gasteiger charge is 2.23. The molecule has 1 fully saturated rings. The Bertz CT molecular complexity index is 1140. The molecule has 1 aliphatic heterocycles. The molecule has 9 nitrogen and oxygen atoms in total. The fourth-order valence-corrected chi connectivity index (χ4v) is 3.72. The van der Waals surface area contributed by atoms with Crippen molar-refractivity contribution in [2.75, 3.05) is 55.9 Å². The number of amides is 3. The molecule has 0 atom stereocenters. The maximum absolute atomic E-state index is 12.8. The predicted octanol–water partition coefficient (Wildman–Crippen LogP) is 3.71. The minimum atomic E-state index is -0.368. The van der Waals surface area contributed by atoms with Gasteiger partial charge in [-0.15, -0.1) is 0 Å². The van der Waals surface area contributed by atoms with E-state index in [2.05, 4.69) is 20.5 Å². The van der Waals surface area contributed by atoms with Crippen molar-refractivity contribution in [3.63, 3.8) is 0 Å². The maximum atomic E-state index is 12.8. The molecule has 3 amide bonds. The first-order valence-electron chi connectivity index (χ1n) is 10.9. The van der Waals surface area contributed by atoms with E-state index < -0.39 is 0 Å². The number of benzene rings is 2. The van der Waals surface area contributed by atoms with Crippen LogP contribution in [0.15, 0.2) is 66.9 Å². The van der Waals surface area contributed by atoms with Gasteiger partial charge in [0, 0.05) is 43.5 Å². The zero-order valence-electron chi connectivity index (χ0n) is 19.2. The summed E-state index contributed by atoms with van der Waals surface area (Å²) in [5.41, 5.74) is 1.83. The third kappa shape index (κ3) is 5.55. The van der Waals surface area contributed by atoms with Crippen LogP contribution in [0.5, 0.6) is 11.5 Å². The Balaban J connectivity index is 1.29. The molecule has 3 aromatic rings. The summed E-state index contributed by atoms with van der Waals surface area (Å²) in [6.07, 6.45) is 1.62. The van der Waals surface area contributed by atoms with Gasteiger partial charge in [0.1, 0.15) is 17.3 Å². The lowest BCUT2D eigenvalue weighted by Crippen LogP contribution is -2.49. The predicted molar refractivity (Wildman–Crippen MR) is 131 cm³/mol. The lowest BCUT2D eigenvalue weighted by Gasteiger charge is -2.35. The van der Waals surface area contributed by atoms with Crippen molar-refractivity contribution in [3.8, 4) is 11.5 Å². The Kier molecular flexibility index (Phi) is 7.12. The molecule has 2 N–H and O–H groups in total. The SMILES string of the molecule is COc1cccc(NC(=O)Nc2ccc(N3CCN(C(=O)c4cccc(OC)c4)CC3)nc2)c1. The van der Waals surface area contributed by atoms with E-state index in [1.807, 2.05) is 23.1 Å². The number of rotatable bonds is 6. The van der Waals surface area contributed by atoms with E-state index in [0.29, 0.717) is 54.6 Å². The first-order valence-corrected chi connectivity index (χ1v) is 10.9. The van der Waals surface area contributed by atoms with Gasteiger partial charge in [0.25, 0.3) is 5.91 Å². The summed E-state index contributed by atoms with van der Waals surface area (Å²) in [4.78, 5) is 33.5. The molecule has 1 aromatic heterocycles. The first-order chi connectivity index (χ1) is 16.6. The third-order valence-electron chi connectivity index (χ3n) is 5.54. The Labute approximate surface area is 198 Å². The Morgan fingerprint density at radius 1 is 0.824 bits per heavy atom. The van der Waals surface area contributed by atoms with E-state index in [-0.39, 0.29) is 11.9 Å². The molecule has 0 aliphatic carbocycles. The second kappa shape index (κ2) is 10.6. The average molecular weight is 462 g/mol. The highest BCUT2D eigenvalue weighted by atomic mass is 16.5. The van der Waals surface area contributed by atoms with Crippen LogP contribution in [-0.4, -0.2) is 62.2 Å². The molecule has 0 bridgehead atoms. The molecule has 2 aromatic carbocycles. The molecule has 0 saturated carbocycles. The van der Waals surface area contributed by atoms with Crippen LogP contribution in [0.25, 0.3) is 0 Å². The van der Waals surface area contributed by atoms with Gasteiger partial charge in [0.05, 0.1) is 26.1 Å². The molecule has 176 valence electrons. The van der Waals surface area contributed by atoms with Crippen LogP contribution >= 0.6 is 0 Å². The number of hydrogen-bond acceptors (Lipinski definition) is 6. The van der Waals surface area contributed by atoms with Gasteiger partial charge in [-0.2, -0.15) is 0 Å². The molecule has 9 heteroatoms. The second-order valence-electron chi connectivity index (χ2n) is 7.73. The van der Waals surface area contributed by atoms with Crippen LogP contribution in [-0.2, 0) is 0 Å². The van der Waals surface area contributed by atoms with E-state index in [1.165, 1.54) is 0 Å². The molecule has 1 aliphatic rings. The van der Waals surface area contributed by atoms with Crippen molar-refractivity contribution >= 4 is 29.1 Å². The third-order valence-corrected chi connectivity index (χ3v) is 5.54. The highest BCUT2D eigenvalue weighted by molar-refractivity contribution is 5.99. The van der Waals surface area contributed by atoms with Gasteiger partial charge in [-0.25, -0.2) is 9.78 Å². The Morgan fingerprint density at radius 2 is 1.50 bits per heavy atom. The van der Waals surface area contributed by atoms with Gasteiger partial charge in [0.2, 0.25) is 0 Å². The summed E-state index contributed by atoms with van der Waals surface area (Å²) in [6, 6.07) is 17.6. The minimum Gasteiger partial charge on any atom is -0.497 e. The first kappa shape index (κ1) is 22.9. The van der Waals surface area contributed by atoms with Gasteiger partial charge in [-0.3, -0.25) is 4.79 Å². The number of hydrogen-bond donors (Lipinski definition) is 2. The van der Waals surface area contributed by atoms with E-state index in [1.54, 1.807) is 62.9 Å². The summed E-state index contributed by atoms with van der Waals surface area (Å²) in [5, 5.41) is 5.54. The van der Waals surface area contributed by atoms with Gasteiger partial charge < -0.3 is 29.9 Å². The molecular weight excluding hydrogens is 434 g/mol. The Morgan fingerprint density at radius 3 is 2.18 bits per heavy atom. The quantitative estimate of drug-likeness (QED) is 0.581. The summed E-state index contributed by atoms with van der Waals surface area (Å²) in [5.74, 6) is 2.12. The van der Waals surface area contributed by atoms with Crippen molar-refractivity contribution in [1.29, 1.82) is 0 Å². The number of carbonyl (C=O) groups excluding carboxylic acids is 2. The van der Waals surface area contributed by atoms with Gasteiger partial charge in [0.15, 0.2) is 0 Å². The van der Waals surface area contributed by atoms with Crippen LogP contribution < -0.4 is 25.0 Å². The number of anilines is 3. The molecular formula is C25H27N5O4. The molecule has 0 spiro atoms. The zero-order valence-corrected chi connectivity index (χ0v) is 19.2. The number of piperazine rings is 1. The number of pyridine rings is 1. The molecule has 0 unspecified atom stereocenters. The summed E-state index contributed by atoms with van der Waals surface area (Å²) >= 11 is 0. The van der Waals surface area contributed by atoms with Crippen molar-refractivity contribution in [2.24, 2.45) is 0 Å². The standard InChI is InChI=1S/C25H27N5O4/c1-33-21-7-3-5-18(15-21)24(31)30-13-11-29(12-14-30)23-10-9-20(17-26-23)28-25(32)27-19-6-4-8-22(16-19)34-2/h3-10,15-17H,11-14H2,1-2H3,(H2,27,28,32). The van der Waals surface area contributed by atoms with Gasteiger partial charge >= 0.3 is 6.03 Å². The summed E-state index contributed by atoms with van der Waals surface area (Å²) < 4.78 is 10.4. The lowest BCUT2D eigenvalue weighted by atomic mass is 10.1. The average Bonchev–Trinajstić information content (AvgIpc) is 2.89. The molecule has 2 heterocycles. The normalized spacial score (nSPS) is 13.2. The highest BCUT2D eigenvalue weighted by Crippen LogP contribution is 2.20. The summed E-state index contributed by atoms with van der Waals surface area (Å²) in [6.45, 7) is 2.54. The fraction of sp³-hybridized carbons (Fsp3) is 0.240. The number of nitrogens with zero attached hydrogens (tertiary/aromatic N) is 3. The van der Waals surface area contributed by atoms with E-state index in [9.17, 15) is 9.59 Å². The number of nitrogens with one attached hydrogen (secondary N) is 2. The van der Waals surface area contributed by atoms with Gasteiger partial charge in [-0.05, 0) is 42.5 Å². The number of aromatic nitrogens is 1. The van der Waals surface area contributed by atoms with Crippen LogP contribution in [0.2, 0.25) is 0 Å². The minimum absolute atomic E-state index is 0.00638. The molecule has 4 rings (SSSR count). The number of urea groups is 1. The van der Waals surface area contributed by atoms with Crippen LogP contribution in [0, 0.1) is 0 Å². The second-order valence-corrected chi connectivity index (χ2v) is 7.73. The van der Waals surface area contributed by atoms with Crippen LogP contribution in [0.4, 0.5) is 22.0 Å². The Hall–Kier alpha value is -4.27. The molecule has 0 radical (unpaired) electrons. The zero-order chi connectivity index (χ0) is 23.9. The number of methoxy groups -OCH3 is 2. The van der Waals surface area contributed by atoms with Crippen LogP contribution in [0.3, 0.4) is 0 Å². The topological polar surface area (TPSA) is 96.0 Å². The monoisotopic (exact) mass is 461 g/mol. The maximum Gasteiger partial charge on any atom is 0.323 e. The van der Waals surface area contributed by atoms with Crippen molar-refractivity contribution < 1.29 is 19.1 Å². The fourth-order valence-electron chi connectivity index (χ4n) is 3.72. The van der Waals surface area contributed by atoms with E-state index in [0.717, 1.165) is 5.82 Å². The van der Waals surface area contributed by atoms with Gasteiger partial charge in [-0.1, -0.05) is 12.1 Å². The number of ether oxygens (including phenoxy) is 2. The summed E-state index contributed by atoms with van der Waals surface area (Å²) in [7, 11) is 3.16. The smallest absolute Gasteiger partial charge is 0.323 e. The van der Waals surface area contributed by atoms with Crippen molar-refractivity contribution in [3.05, 3.63) is 72.4 Å². The van der Waals surface area contributed by atoms with Crippen molar-refractivity contribution in [2.45, 2.75) is 0 Å². The molecule has 1 saturated heterocycles. The lowest BCUT2D eigenvalue weighted by molar-refractivity contribution is 0.0746. The van der Waals surface area contributed by atoms with Crippen molar-refractivity contribution in [1.82, 2.24) is 9.88 Å². The van der Waals surface area contributed by atoms with Crippen LogP contribution in [0.1, 0.15) is 10.4 Å². The molecule has 34 heavy (non-hydrogen) atoms. The number of carbonyl (C=O) groups is 2. The van der Waals surface area contributed by atoms with E-state index >= 15 is 0 Å². The largest absolute Gasteiger partial charge is 0.497 e. The van der Waals surface area contributed by atoms with E-state index in [4.69, 9.17) is 9.47 Å².